The van der Waals surface area contributed by atoms with Gasteiger partial charge in [0.15, 0.2) is 5.11 Å². The van der Waals surface area contributed by atoms with Crippen LogP contribution in [-0.2, 0) is 6.54 Å². The van der Waals surface area contributed by atoms with Crippen molar-refractivity contribution >= 4 is 28.7 Å². The largest absolute Gasteiger partial charge is 0.433 e. The first-order chi connectivity index (χ1) is 14.2. The molecule has 2 N–H and O–H groups in total. The first kappa shape index (κ1) is 21.6. The Morgan fingerprint density at radius 2 is 1.90 bits per heavy atom. The molecule has 0 aliphatic rings. The third kappa shape index (κ3) is 5.29. The molecule has 3 rings (SSSR count). The Bertz CT molecular complexity index is 1070. The number of hydrogen-bond donors (Lipinski definition) is 2. The van der Waals surface area contributed by atoms with Gasteiger partial charge in [-0.2, -0.15) is 13.9 Å². The number of ether oxygens (including phenoxy) is 1. The molecule has 0 saturated heterocycles. The lowest BCUT2D eigenvalue weighted by molar-refractivity contribution is -0.0493. The maximum absolute atomic E-state index is 13.4. The van der Waals surface area contributed by atoms with Gasteiger partial charge in [0.25, 0.3) is 0 Å². The van der Waals surface area contributed by atoms with Crippen molar-refractivity contribution in [2.24, 2.45) is 0 Å². The Hall–Kier alpha value is -3.07. The van der Waals surface area contributed by atoms with Crippen molar-refractivity contribution in [2.45, 2.75) is 33.9 Å². The molecule has 9 heteroatoms. The standard InChI is InChI=1S/C21H21F3N4OS/c1-12-7-8-18(29-20(23)24)17(9-12)25-21(30)26-19-13(2)27-28(14(19)3)11-15-5-4-6-16(22)10-15/h4-10,20H,11H2,1-3H3,(H2,25,26,30). The van der Waals surface area contributed by atoms with E-state index in [1.165, 1.54) is 18.2 Å². The molecule has 0 unspecified atom stereocenters. The first-order valence-electron chi connectivity index (χ1n) is 9.15. The summed E-state index contributed by atoms with van der Waals surface area (Å²) in [6.45, 7) is 2.97. The lowest BCUT2D eigenvalue weighted by Gasteiger charge is -2.15. The summed E-state index contributed by atoms with van der Waals surface area (Å²) in [6, 6.07) is 11.1. The molecule has 0 saturated carbocycles. The summed E-state index contributed by atoms with van der Waals surface area (Å²) in [5.74, 6) is -0.312. The van der Waals surface area contributed by atoms with E-state index in [1.54, 1.807) is 22.9 Å². The number of hydrogen-bond acceptors (Lipinski definition) is 3. The van der Waals surface area contributed by atoms with E-state index in [9.17, 15) is 13.2 Å². The molecule has 0 atom stereocenters. The van der Waals surface area contributed by atoms with Crippen LogP contribution in [0.25, 0.3) is 0 Å². The molecule has 0 aliphatic carbocycles. The summed E-state index contributed by atoms with van der Waals surface area (Å²) in [5, 5.41) is 10.7. The fourth-order valence-electron chi connectivity index (χ4n) is 3.05. The molecular formula is C21H21F3N4OS. The molecular weight excluding hydrogens is 413 g/mol. The quantitative estimate of drug-likeness (QED) is 0.509. The summed E-state index contributed by atoms with van der Waals surface area (Å²) in [7, 11) is 0. The predicted octanol–water partition coefficient (Wildman–Crippen LogP) is 5.41. The molecule has 2 aromatic carbocycles. The average Bonchev–Trinajstić information content (AvgIpc) is 2.91. The highest BCUT2D eigenvalue weighted by Crippen LogP contribution is 2.28. The van der Waals surface area contributed by atoms with Gasteiger partial charge in [0.05, 0.1) is 29.3 Å². The monoisotopic (exact) mass is 434 g/mol. The fraction of sp³-hybridized carbons (Fsp3) is 0.238. The van der Waals surface area contributed by atoms with Crippen molar-refractivity contribution in [2.75, 3.05) is 10.6 Å². The molecule has 30 heavy (non-hydrogen) atoms. The topological polar surface area (TPSA) is 51.1 Å². The number of rotatable bonds is 6. The van der Waals surface area contributed by atoms with Crippen LogP contribution in [0, 0.1) is 26.6 Å². The van der Waals surface area contributed by atoms with Crippen LogP contribution in [0.15, 0.2) is 42.5 Å². The molecule has 0 bridgehead atoms. The Kier molecular flexibility index (Phi) is 6.61. The van der Waals surface area contributed by atoms with Crippen LogP contribution < -0.4 is 15.4 Å². The molecule has 0 aliphatic heterocycles. The Labute approximate surface area is 177 Å². The zero-order valence-corrected chi connectivity index (χ0v) is 17.5. The van der Waals surface area contributed by atoms with E-state index >= 15 is 0 Å². The van der Waals surface area contributed by atoms with Crippen LogP contribution in [0.5, 0.6) is 5.75 Å². The molecule has 158 valence electrons. The maximum atomic E-state index is 13.4. The SMILES string of the molecule is Cc1ccc(OC(F)F)c(NC(=S)Nc2c(C)nn(Cc3cccc(F)c3)c2C)c1. The van der Waals surface area contributed by atoms with E-state index < -0.39 is 6.61 Å². The van der Waals surface area contributed by atoms with Crippen molar-refractivity contribution in [1.29, 1.82) is 0 Å². The summed E-state index contributed by atoms with van der Waals surface area (Å²) in [5.41, 5.74) is 4.15. The summed E-state index contributed by atoms with van der Waals surface area (Å²) in [6.07, 6.45) is 0. The average molecular weight is 434 g/mol. The minimum atomic E-state index is -2.94. The third-order valence-corrected chi connectivity index (χ3v) is 4.64. The van der Waals surface area contributed by atoms with Crippen LogP contribution in [-0.4, -0.2) is 21.5 Å². The van der Waals surface area contributed by atoms with E-state index in [4.69, 9.17) is 12.2 Å². The maximum Gasteiger partial charge on any atom is 0.387 e. The second-order valence-corrected chi connectivity index (χ2v) is 7.20. The van der Waals surface area contributed by atoms with Crippen molar-refractivity contribution in [3.05, 3.63) is 70.8 Å². The fourth-order valence-corrected chi connectivity index (χ4v) is 3.26. The van der Waals surface area contributed by atoms with E-state index in [2.05, 4.69) is 20.5 Å². The van der Waals surface area contributed by atoms with Crippen molar-refractivity contribution < 1.29 is 17.9 Å². The highest BCUT2D eigenvalue weighted by molar-refractivity contribution is 7.80. The number of aryl methyl sites for hydroxylation is 2. The molecule has 0 fully saturated rings. The zero-order valence-electron chi connectivity index (χ0n) is 16.7. The summed E-state index contributed by atoms with van der Waals surface area (Å²) >= 11 is 5.36. The number of aromatic nitrogens is 2. The van der Waals surface area contributed by atoms with Crippen LogP contribution in [0.1, 0.15) is 22.5 Å². The number of nitrogens with zero attached hydrogens (tertiary/aromatic N) is 2. The molecule has 0 spiro atoms. The molecule has 1 heterocycles. The zero-order chi connectivity index (χ0) is 21.8. The van der Waals surface area contributed by atoms with Gasteiger partial charge in [-0.05, 0) is 68.4 Å². The number of alkyl halides is 2. The molecule has 1 aromatic heterocycles. The number of nitrogens with one attached hydrogen (secondary N) is 2. The Morgan fingerprint density at radius 3 is 2.60 bits per heavy atom. The molecule has 0 radical (unpaired) electrons. The summed E-state index contributed by atoms with van der Waals surface area (Å²) < 4.78 is 45.1. The number of halogens is 3. The van der Waals surface area contributed by atoms with Gasteiger partial charge < -0.3 is 15.4 Å². The van der Waals surface area contributed by atoms with E-state index in [0.29, 0.717) is 23.6 Å². The van der Waals surface area contributed by atoms with Gasteiger partial charge in [0, 0.05) is 0 Å². The van der Waals surface area contributed by atoms with Crippen LogP contribution in [0.4, 0.5) is 24.5 Å². The van der Waals surface area contributed by atoms with Crippen molar-refractivity contribution in [3.63, 3.8) is 0 Å². The second kappa shape index (κ2) is 9.17. The van der Waals surface area contributed by atoms with Gasteiger partial charge in [-0.25, -0.2) is 4.39 Å². The predicted molar refractivity (Wildman–Crippen MR) is 115 cm³/mol. The van der Waals surface area contributed by atoms with Gasteiger partial charge in [0.1, 0.15) is 11.6 Å². The Morgan fingerprint density at radius 1 is 1.13 bits per heavy atom. The molecule has 3 aromatic rings. The number of benzene rings is 2. The third-order valence-electron chi connectivity index (χ3n) is 4.44. The van der Waals surface area contributed by atoms with E-state index in [-0.39, 0.29) is 16.7 Å². The van der Waals surface area contributed by atoms with Crippen LogP contribution in [0.3, 0.4) is 0 Å². The van der Waals surface area contributed by atoms with E-state index in [0.717, 1.165) is 16.8 Å². The van der Waals surface area contributed by atoms with Gasteiger partial charge in [0.2, 0.25) is 0 Å². The number of thiocarbonyl (C=S) groups is 1. The highest BCUT2D eigenvalue weighted by atomic mass is 32.1. The summed E-state index contributed by atoms with van der Waals surface area (Å²) in [4.78, 5) is 0. The normalized spacial score (nSPS) is 10.9. The minimum absolute atomic E-state index is 0.00464. The van der Waals surface area contributed by atoms with Crippen LogP contribution >= 0.6 is 12.2 Å². The lowest BCUT2D eigenvalue weighted by Crippen LogP contribution is -2.21. The van der Waals surface area contributed by atoms with Gasteiger partial charge in [-0.3, -0.25) is 4.68 Å². The van der Waals surface area contributed by atoms with Gasteiger partial charge in [-0.15, -0.1) is 0 Å². The molecule has 5 nitrogen and oxygen atoms in total. The van der Waals surface area contributed by atoms with Gasteiger partial charge >= 0.3 is 6.61 Å². The van der Waals surface area contributed by atoms with Crippen LogP contribution in [0.2, 0.25) is 0 Å². The van der Waals surface area contributed by atoms with E-state index in [1.807, 2.05) is 26.8 Å². The first-order valence-corrected chi connectivity index (χ1v) is 9.55. The molecule has 0 amide bonds. The van der Waals surface area contributed by atoms with Gasteiger partial charge in [-0.1, -0.05) is 18.2 Å². The Balaban J connectivity index is 1.76. The number of anilines is 2. The second-order valence-electron chi connectivity index (χ2n) is 6.79. The smallest absolute Gasteiger partial charge is 0.387 e. The van der Waals surface area contributed by atoms with Crippen molar-refractivity contribution in [1.82, 2.24) is 9.78 Å². The highest BCUT2D eigenvalue weighted by Gasteiger charge is 2.15. The lowest BCUT2D eigenvalue weighted by atomic mass is 10.2. The minimum Gasteiger partial charge on any atom is -0.433 e. The van der Waals surface area contributed by atoms with Crippen molar-refractivity contribution in [3.8, 4) is 5.75 Å².